The lowest BCUT2D eigenvalue weighted by molar-refractivity contribution is 0.100. The van der Waals surface area contributed by atoms with Gasteiger partial charge >= 0.3 is 0 Å². The highest BCUT2D eigenvalue weighted by atomic mass is 16.5. The minimum Gasteiger partial charge on any atom is -0.491 e. The monoisotopic (exact) mass is 266 g/mol. The van der Waals surface area contributed by atoms with Crippen molar-refractivity contribution in [2.45, 2.75) is 46.2 Å². The second-order valence-electron chi connectivity index (χ2n) is 5.55. The van der Waals surface area contributed by atoms with Crippen LogP contribution in [0.5, 0.6) is 5.75 Å². The molecule has 0 saturated carbocycles. The van der Waals surface area contributed by atoms with E-state index in [4.69, 9.17) is 9.47 Å². The molecule has 0 atom stereocenters. The molecule has 0 spiro atoms. The summed E-state index contributed by atoms with van der Waals surface area (Å²) in [5.41, 5.74) is 1.16. The summed E-state index contributed by atoms with van der Waals surface area (Å²) in [5, 5.41) is 3.44. The molecule has 0 radical (unpaired) electrons. The minimum absolute atomic E-state index is 0.0807. The zero-order valence-corrected chi connectivity index (χ0v) is 12.5. The van der Waals surface area contributed by atoms with Gasteiger partial charge in [0.2, 0.25) is 0 Å². The van der Waals surface area contributed by atoms with Crippen molar-refractivity contribution in [3.05, 3.63) is 24.0 Å². The fourth-order valence-electron chi connectivity index (χ4n) is 1.51. The maximum atomic E-state index is 5.74. The van der Waals surface area contributed by atoms with Gasteiger partial charge < -0.3 is 14.8 Å². The van der Waals surface area contributed by atoms with Crippen LogP contribution in [0.4, 0.5) is 0 Å². The van der Waals surface area contributed by atoms with Gasteiger partial charge in [0, 0.05) is 36.6 Å². The number of nitrogens with zero attached hydrogens (tertiary/aromatic N) is 1. The Hall–Kier alpha value is -1.13. The summed E-state index contributed by atoms with van der Waals surface area (Å²) in [5.74, 6) is 0.881. The van der Waals surface area contributed by atoms with Crippen LogP contribution in [0.2, 0.25) is 0 Å². The number of hydrogen-bond acceptors (Lipinski definition) is 4. The molecule has 4 nitrogen and oxygen atoms in total. The van der Waals surface area contributed by atoms with Crippen LogP contribution < -0.4 is 10.1 Å². The van der Waals surface area contributed by atoms with Crippen LogP contribution in [0.15, 0.2) is 18.5 Å². The van der Waals surface area contributed by atoms with Crippen molar-refractivity contribution >= 4 is 0 Å². The number of rotatable bonds is 8. The molecule has 0 saturated heterocycles. The summed E-state index contributed by atoms with van der Waals surface area (Å²) < 4.78 is 11.1. The van der Waals surface area contributed by atoms with Crippen LogP contribution in [-0.4, -0.2) is 30.3 Å². The Balaban J connectivity index is 2.44. The maximum Gasteiger partial charge on any atom is 0.126 e. The van der Waals surface area contributed by atoms with Gasteiger partial charge in [0.25, 0.3) is 0 Å². The molecule has 0 aliphatic carbocycles. The average molecular weight is 266 g/mol. The first-order valence-electron chi connectivity index (χ1n) is 6.91. The Morgan fingerprint density at radius 2 is 2.00 bits per heavy atom. The lowest BCUT2D eigenvalue weighted by Gasteiger charge is -2.21. The van der Waals surface area contributed by atoms with E-state index >= 15 is 0 Å². The molecule has 1 heterocycles. The van der Waals surface area contributed by atoms with Crippen molar-refractivity contribution in [3.63, 3.8) is 0 Å². The van der Waals surface area contributed by atoms with E-state index in [2.05, 4.69) is 38.0 Å². The molecule has 4 heteroatoms. The molecule has 0 aromatic carbocycles. The lowest BCUT2D eigenvalue weighted by atomic mass is 10.1. The molecular weight excluding hydrogens is 240 g/mol. The van der Waals surface area contributed by atoms with E-state index < -0.39 is 0 Å². The van der Waals surface area contributed by atoms with Crippen molar-refractivity contribution in [1.29, 1.82) is 0 Å². The average Bonchev–Trinajstić information content (AvgIpc) is 2.36. The molecule has 0 unspecified atom stereocenters. The molecule has 19 heavy (non-hydrogen) atoms. The van der Waals surface area contributed by atoms with E-state index in [0.29, 0.717) is 13.2 Å². The Morgan fingerprint density at radius 1 is 1.21 bits per heavy atom. The molecule has 1 aromatic heterocycles. The predicted octanol–water partition coefficient (Wildman–Crippen LogP) is 2.78. The third kappa shape index (κ3) is 7.13. The highest BCUT2D eigenvalue weighted by Crippen LogP contribution is 2.17. The number of aromatic nitrogens is 1. The lowest BCUT2D eigenvalue weighted by Crippen LogP contribution is -2.35. The summed E-state index contributed by atoms with van der Waals surface area (Å²) >= 11 is 0. The third-order valence-corrected chi connectivity index (χ3v) is 2.50. The second kappa shape index (κ2) is 8.12. The SMILES string of the molecule is CCCOCCOc1ccncc1CNC(C)(C)C. The molecule has 0 amide bonds. The fourth-order valence-corrected chi connectivity index (χ4v) is 1.51. The van der Waals surface area contributed by atoms with Gasteiger partial charge in [-0.1, -0.05) is 6.92 Å². The van der Waals surface area contributed by atoms with Crippen molar-refractivity contribution in [2.24, 2.45) is 0 Å². The van der Waals surface area contributed by atoms with Gasteiger partial charge in [-0.05, 0) is 33.3 Å². The third-order valence-electron chi connectivity index (χ3n) is 2.50. The van der Waals surface area contributed by atoms with Crippen LogP contribution in [0.1, 0.15) is 39.7 Å². The number of nitrogens with one attached hydrogen (secondary N) is 1. The molecule has 0 bridgehead atoms. The molecule has 0 fully saturated rings. The Labute approximate surface area is 116 Å². The molecule has 0 aliphatic rings. The van der Waals surface area contributed by atoms with Crippen molar-refractivity contribution in [1.82, 2.24) is 10.3 Å². The van der Waals surface area contributed by atoms with Crippen molar-refractivity contribution in [2.75, 3.05) is 19.8 Å². The van der Waals surface area contributed by atoms with E-state index in [1.165, 1.54) is 0 Å². The highest BCUT2D eigenvalue weighted by molar-refractivity contribution is 5.30. The van der Waals surface area contributed by atoms with Gasteiger partial charge in [-0.25, -0.2) is 0 Å². The van der Waals surface area contributed by atoms with Gasteiger partial charge in [-0.3, -0.25) is 4.98 Å². The molecule has 1 aromatic rings. The summed E-state index contributed by atoms with van der Waals surface area (Å²) in [6, 6.07) is 1.90. The van der Waals surface area contributed by atoms with Gasteiger partial charge in [0.05, 0.1) is 6.61 Å². The van der Waals surface area contributed by atoms with E-state index in [0.717, 1.165) is 30.9 Å². The van der Waals surface area contributed by atoms with Crippen LogP contribution in [0.3, 0.4) is 0 Å². The quantitative estimate of drug-likeness (QED) is 0.735. The summed E-state index contributed by atoms with van der Waals surface area (Å²) in [6.07, 6.45) is 4.64. The maximum absolute atomic E-state index is 5.74. The van der Waals surface area contributed by atoms with Gasteiger partial charge in [-0.15, -0.1) is 0 Å². The number of ether oxygens (including phenoxy) is 2. The number of pyridine rings is 1. The summed E-state index contributed by atoms with van der Waals surface area (Å²) in [4.78, 5) is 4.15. The number of hydrogen-bond donors (Lipinski definition) is 1. The van der Waals surface area contributed by atoms with E-state index in [-0.39, 0.29) is 5.54 Å². The zero-order chi connectivity index (χ0) is 14.1. The largest absolute Gasteiger partial charge is 0.491 e. The smallest absolute Gasteiger partial charge is 0.126 e. The second-order valence-corrected chi connectivity index (χ2v) is 5.55. The van der Waals surface area contributed by atoms with Gasteiger partial charge in [-0.2, -0.15) is 0 Å². The van der Waals surface area contributed by atoms with Crippen LogP contribution in [0.25, 0.3) is 0 Å². The summed E-state index contributed by atoms with van der Waals surface area (Å²) in [7, 11) is 0. The predicted molar refractivity (Wildman–Crippen MR) is 77.4 cm³/mol. The Bertz CT molecular complexity index is 361. The van der Waals surface area contributed by atoms with E-state index in [1.54, 1.807) is 6.20 Å². The molecular formula is C15H26N2O2. The fraction of sp³-hybridized carbons (Fsp3) is 0.667. The van der Waals surface area contributed by atoms with Crippen molar-refractivity contribution < 1.29 is 9.47 Å². The van der Waals surface area contributed by atoms with Crippen LogP contribution in [0, 0.1) is 0 Å². The van der Waals surface area contributed by atoms with Gasteiger partial charge in [0.1, 0.15) is 12.4 Å². The highest BCUT2D eigenvalue weighted by Gasteiger charge is 2.11. The molecule has 1 rings (SSSR count). The normalized spacial score (nSPS) is 11.6. The Kier molecular flexibility index (Phi) is 6.81. The first-order valence-corrected chi connectivity index (χ1v) is 6.91. The molecule has 1 N–H and O–H groups in total. The Morgan fingerprint density at radius 3 is 2.68 bits per heavy atom. The van der Waals surface area contributed by atoms with Gasteiger partial charge in [0.15, 0.2) is 0 Å². The van der Waals surface area contributed by atoms with E-state index in [1.807, 2.05) is 12.3 Å². The first kappa shape index (κ1) is 15.9. The van der Waals surface area contributed by atoms with Crippen LogP contribution in [-0.2, 0) is 11.3 Å². The van der Waals surface area contributed by atoms with E-state index in [9.17, 15) is 0 Å². The molecule has 108 valence electrons. The topological polar surface area (TPSA) is 43.4 Å². The molecule has 0 aliphatic heterocycles. The van der Waals surface area contributed by atoms with Crippen molar-refractivity contribution in [3.8, 4) is 5.75 Å². The van der Waals surface area contributed by atoms with Crippen LogP contribution >= 0.6 is 0 Å². The first-order chi connectivity index (χ1) is 9.03. The zero-order valence-electron chi connectivity index (χ0n) is 12.5. The minimum atomic E-state index is 0.0807. The standard InChI is InChI=1S/C15H26N2O2/c1-5-8-18-9-10-19-14-6-7-16-11-13(14)12-17-15(2,3)4/h6-7,11,17H,5,8-10,12H2,1-4H3. The summed E-state index contributed by atoms with van der Waals surface area (Å²) in [6.45, 7) is 11.3.